The van der Waals surface area contributed by atoms with Crippen LogP contribution in [0.5, 0.6) is 0 Å². The van der Waals surface area contributed by atoms with Gasteiger partial charge in [-0.1, -0.05) is 53.2 Å². The highest BCUT2D eigenvalue weighted by Crippen LogP contribution is 2.08. The topological polar surface area (TPSA) is 163 Å². The number of rotatable bonds is 17. The summed E-state index contributed by atoms with van der Waals surface area (Å²) in [6.07, 6.45) is 8.62. The molecule has 1 aliphatic heterocycles. The van der Waals surface area contributed by atoms with E-state index in [1.807, 2.05) is 20.9 Å². The molecule has 12 nitrogen and oxygen atoms in total. The van der Waals surface area contributed by atoms with Gasteiger partial charge in [0.25, 0.3) is 11.8 Å². The van der Waals surface area contributed by atoms with Crippen LogP contribution >= 0.6 is 0 Å². The predicted octanol–water partition coefficient (Wildman–Crippen LogP) is 2.67. The molecule has 12 heteroatoms. The van der Waals surface area contributed by atoms with Gasteiger partial charge in [-0.2, -0.15) is 0 Å². The monoisotopic (exact) mass is 621 g/mol. The Morgan fingerprint density at radius 1 is 0.955 bits per heavy atom. The lowest BCUT2D eigenvalue weighted by Gasteiger charge is -2.13. The Morgan fingerprint density at radius 2 is 1.55 bits per heavy atom. The number of hydrogen-bond acceptors (Lipinski definition) is 9. The van der Waals surface area contributed by atoms with Gasteiger partial charge in [-0.3, -0.25) is 24.1 Å². The second-order valence-corrected chi connectivity index (χ2v) is 8.75. The van der Waals surface area contributed by atoms with Crippen molar-refractivity contribution in [3.8, 4) is 0 Å². The average Bonchev–Trinajstić information content (AvgIpc) is 3.38. The fourth-order valence-electron chi connectivity index (χ4n) is 2.99. The van der Waals surface area contributed by atoms with E-state index in [1.54, 1.807) is 7.05 Å². The van der Waals surface area contributed by atoms with Crippen molar-refractivity contribution in [3.63, 3.8) is 0 Å². The number of aryl methyl sites for hydroxylation is 1. The van der Waals surface area contributed by atoms with Crippen molar-refractivity contribution in [2.24, 2.45) is 0 Å². The van der Waals surface area contributed by atoms with Crippen molar-refractivity contribution in [3.05, 3.63) is 42.0 Å². The maximum absolute atomic E-state index is 11.1. The molecule has 0 saturated carbocycles. The van der Waals surface area contributed by atoms with Crippen LogP contribution in [-0.4, -0.2) is 94.6 Å². The summed E-state index contributed by atoms with van der Waals surface area (Å²) in [7, 11) is 3.67. The maximum atomic E-state index is 11.1. The van der Waals surface area contributed by atoms with Gasteiger partial charge in [0.15, 0.2) is 0 Å². The number of likely N-dealkylation sites (N-methyl/N-ethyl adjacent to an activating group) is 1. The summed E-state index contributed by atoms with van der Waals surface area (Å²) in [4.78, 5) is 64.4. The molecule has 4 amide bonds. The number of nitrogens with zero attached hydrogens (tertiary/aromatic N) is 1. The number of ether oxygens (including phenoxy) is 1. The molecule has 0 fully saturated rings. The van der Waals surface area contributed by atoms with Crippen LogP contribution in [0.15, 0.2) is 36.4 Å². The Kier molecular flexibility index (Phi) is 34.0. The van der Waals surface area contributed by atoms with Crippen LogP contribution in [0.4, 0.5) is 5.69 Å². The molecular weight excluding hydrogens is 566 g/mol. The first-order valence-electron chi connectivity index (χ1n) is 15.2. The van der Waals surface area contributed by atoms with E-state index in [9.17, 15) is 28.8 Å². The molecule has 1 atom stereocenters. The van der Waals surface area contributed by atoms with Crippen molar-refractivity contribution in [2.75, 3.05) is 52.3 Å². The Hall–Kier alpha value is -3.90. The minimum Gasteiger partial charge on any atom is -0.388 e. The van der Waals surface area contributed by atoms with Gasteiger partial charge in [0.1, 0.15) is 12.6 Å². The van der Waals surface area contributed by atoms with E-state index < -0.39 is 0 Å². The first-order chi connectivity index (χ1) is 21.3. The van der Waals surface area contributed by atoms with E-state index in [2.05, 4.69) is 66.3 Å². The van der Waals surface area contributed by atoms with Crippen molar-refractivity contribution in [2.45, 2.75) is 72.8 Å². The molecule has 0 aliphatic carbocycles. The van der Waals surface area contributed by atoms with Crippen LogP contribution in [-0.2, 0) is 39.9 Å². The molecule has 1 heterocycles. The lowest BCUT2D eigenvalue weighted by atomic mass is 10.1. The molecule has 4 N–H and O–H groups in total. The molecule has 0 bridgehead atoms. The third-order valence-corrected chi connectivity index (χ3v) is 5.32. The number of benzene rings is 1. The van der Waals surface area contributed by atoms with Gasteiger partial charge < -0.3 is 35.6 Å². The number of hydrogen-bond donors (Lipinski definition) is 4. The SMILES string of the molecule is CC.CCC.CCc1ccc(NC)cc1.CNC(C=O)CCCNC=O.O=CCNC(=O)CCOCCN1C(=O)C=CC1=O. The summed E-state index contributed by atoms with van der Waals surface area (Å²) in [5.41, 5.74) is 2.57. The van der Waals surface area contributed by atoms with Crippen LogP contribution in [0.25, 0.3) is 0 Å². The molecule has 1 aliphatic rings. The first kappa shape index (κ1) is 44.5. The van der Waals surface area contributed by atoms with Crippen LogP contribution in [0.2, 0.25) is 0 Å². The summed E-state index contributed by atoms with van der Waals surface area (Å²) < 4.78 is 5.12. The number of anilines is 1. The summed E-state index contributed by atoms with van der Waals surface area (Å²) in [5, 5.41) is 10.8. The summed E-state index contributed by atoms with van der Waals surface area (Å²) in [5.74, 6) is -0.989. The number of imide groups is 1. The largest absolute Gasteiger partial charge is 0.388 e. The predicted molar refractivity (Wildman–Crippen MR) is 175 cm³/mol. The normalized spacial score (nSPS) is 11.5. The number of carbonyl (C=O) groups is 6. The Labute approximate surface area is 263 Å². The number of carbonyl (C=O) groups excluding carboxylic acids is 6. The van der Waals surface area contributed by atoms with Crippen LogP contribution in [0.1, 0.15) is 65.9 Å². The Balaban J connectivity index is -0.000000558. The molecule has 0 aromatic heterocycles. The Bertz CT molecular complexity index is 883. The highest BCUT2D eigenvalue weighted by molar-refractivity contribution is 6.12. The van der Waals surface area contributed by atoms with Gasteiger partial charge >= 0.3 is 0 Å². The molecule has 1 aromatic carbocycles. The fourth-order valence-corrected chi connectivity index (χ4v) is 2.99. The number of amides is 4. The van der Waals surface area contributed by atoms with Gasteiger partial charge in [-0.15, -0.1) is 0 Å². The standard InChI is InChI=1S/C11H14N2O5.C9H13N.C7H14N2O2.C3H8.C2H6/c14-6-4-12-9(15)3-7-18-8-5-13-10(16)1-2-11(13)17;1-3-8-4-6-9(10-2)7-5-8;1-8-7(5-10)3-2-4-9-6-11;1-3-2;1-2/h1-2,6H,3-5,7-8H2,(H,12,15);4-7,10H,3H2,1-2H3;5-8H,2-4H2,1H3,(H,9,11);3H2,1-2H3;1-2H3. The van der Waals surface area contributed by atoms with E-state index in [0.29, 0.717) is 19.2 Å². The smallest absolute Gasteiger partial charge is 0.253 e. The third-order valence-electron chi connectivity index (χ3n) is 5.32. The molecular formula is C32H55N5O7. The molecule has 0 spiro atoms. The van der Waals surface area contributed by atoms with Gasteiger partial charge in [0.2, 0.25) is 12.3 Å². The minimum atomic E-state index is -0.354. The van der Waals surface area contributed by atoms with Crippen LogP contribution in [0, 0.1) is 0 Å². The van der Waals surface area contributed by atoms with Crippen molar-refractivity contribution < 1.29 is 33.5 Å². The summed E-state index contributed by atoms with van der Waals surface area (Å²) in [6.45, 7) is 11.6. The first-order valence-corrected chi connectivity index (χ1v) is 15.2. The van der Waals surface area contributed by atoms with Crippen molar-refractivity contribution in [1.82, 2.24) is 20.9 Å². The minimum absolute atomic E-state index is 0.0126. The maximum Gasteiger partial charge on any atom is 0.253 e. The Morgan fingerprint density at radius 3 is 2.00 bits per heavy atom. The van der Waals surface area contributed by atoms with E-state index in [-0.39, 0.29) is 56.5 Å². The van der Waals surface area contributed by atoms with Crippen molar-refractivity contribution in [1.29, 1.82) is 0 Å². The summed E-state index contributed by atoms with van der Waals surface area (Å²) in [6, 6.07) is 8.40. The highest BCUT2D eigenvalue weighted by Gasteiger charge is 2.22. The van der Waals surface area contributed by atoms with E-state index in [1.165, 1.54) is 29.8 Å². The molecule has 0 radical (unpaired) electrons. The fraction of sp³-hybridized carbons (Fsp3) is 0.562. The van der Waals surface area contributed by atoms with Crippen LogP contribution < -0.4 is 21.3 Å². The van der Waals surface area contributed by atoms with Gasteiger partial charge in [-0.05, 0) is 44.0 Å². The lowest BCUT2D eigenvalue weighted by Crippen LogP contribution is -2.33. The zero-order chi connectivity index (χ0) is 34.0. The number of nitrogens with one attached hydrogen (secondary N) is 4. The molecule has 1 aromatic rings. The second kappa shape index (κ2) is 33.6. The molecule has 0 saturated heterocycles. The summed E-state index contributed by atoms with van der Waals surface area (Å²) >= 11 is 0. The third kappa shape index (κ3) is 25.8. The van der Waals surface area contributed by atoms with Crippen LogP contribution in [0.3, 0.4) is 0 Å². The molecule has 250 valence electrons. The zero-order valence-electron chi connectivity index (χ0n) is 27.6. The molecule has 1 unspecified atom stereocenters. The second-order valence-electron chi connectivity index (χ2n) is 8.75. The van der Waals surface area contributed by atoms with E-state index in [0.717, 1.165) is 30.4 Å². The zero-order valence-corrected chi connectivity index (χ0v) is 27.6. The van der Waals surface area contributed by atoms with E-state index >= 15 is 0 Å². The quantitative estimate of drug-likeness (QED) is 0.116. The van der Waals surface area contributed by atoms with Gasteiger partial charge in [-0.25, -0.2) is 0 Å². The van der Waals surface area contributed by atoms with Gasteiger partial charge in [0.05, 0.1) is 32.3 Å². The van der Waals surface area contributed by atoms with Gasteiger partial charge in [0, 0.05) is 37.9 Å². The highest BCUT2D eigenvalue weighted by atomic mass is 16.5. The van der Waals surface area contributed by atoms with E-state index in [4.69, 9.17) is 4.74 Å². The van der Waals surface area contributed by atoms with Crippen molar-refractivity contribution >= 4 is 42.4 Å². The molecule has 2 rings (SSSR count). The average molecular weight is 622 g/mol. The number of aldehydes is 2. The lowest BCUT2D eigenvalue weighted by molar-refractivity contribution is -0.138. The molecule has 44 heavy (non-hydrogen) atoms.